The van der Waals surface area contributed by atoms with Gasteiger partial charge < -0.3 is 5.73 Å². The largest absolute Gasteiger partial charge is 0.395 e. The molecule has 1 aromatic carbocycles. The maximum Gasteiger partial charge on any atom is 0.159 e. The molecule has 0 amide bonds. The zero-order valence-electron chi connectivity index (χ0n) is 14.5. The van der Waals surface area contributed by atoms with Crippen molar-refractivity contribution in [3.05, 3.63) is 17.7 Å². The zero-order valence-corrected chi connectivity index (χ0v) is 16.0. The molecule has 1 rings (SSSR count). The van der Waals surface area contributed by atoms with E-state index < -0.39 is 24.4 Å². The predicted molar refractivity (Wildman–Crippen MR) is 97.6 cm³/mol. The number of carbonyl (C=O) groups is 1. The van der Waals surface area contributed by atoms with Crippen LogP contribution in [0.2, 0.25) is 0 Å². The Kier molecular flexibility index (Phi) is 6.33. The highest BCUT2D eigenvalue weighted by atomic mass is 35.5. The fourth-order valence-corrected chi connectivity index (χ4v) is 2.28. The summed E-state index contributed by atoms with van der Waals surface area (Å²) in [6.07, 6.45) is 0. The van der Waals surface area contributed by atoms with Gasteiger partial charge in [0, 0.05) is 29.1 Å². The topological polar surface area (TPSA) is 49.6 Å². The molecule has 0 heterocycles. The van der Waals surface area contributed by atoms with Gasteiger partial charge in [0.15, 0.2) is 5.78 Å². The van der Waals surface area contributed by atoms with Crippen molar-refractivity contribution in [3.8, 4) is 0 Å². The first-order valence-corrected chi connectivity index (χ1v) is 8.05. The number of benzene rings is 1. The smallest absolute Gasteiger partial charge is 0.159 e. The van der Waals surface area contributed by atoms with Gasteiger partial charge in [-0.2, -0.15) is 0 Å². The number of nitrogen functional groups attached to an aromatic ring is 1. The Balaban J connectivity index is 3.60. The van der Waals surface area contributed by atoms with Crippen molar-refractivity contribution in [1.82, 2.24) is 0 Å². The second-order valence-electron chi connectivity index (χ2n) is 6.94. The van der Waals surface area contributed by atoms with E-state index in [1.54, 1.807) is 27.7 Å². The molecule has 0 bridgehead atoms. The van der Waals surface area contributed by atoms with Crippen LogP contribution in [0.5, 0.6) is 0 Å². The highest BCUT2D eigenvalue weighted by molar-refractivity contribution is 6.30. The SMILES string of the molecule is CC(=O)c1cc(N(Cl)C(C)(C)CF)c(N)c(N(Cl)C(C)(C)CF)c1. The second kappa shape index (κ2) is 7.31. The summed E-state index contributed by atoms with van der Waals surface area (Å²) in [5.74, 6) is -0.247. The third-order valence-corrected chi connectivity index (χ3v) is 4.96. The van der Waals surface area contributed by atoms with E-state index in [4.69, 9.17) is 29.3 Å². The summed E-state index contributed by atoms with van der Waals surface area (Å²) < 4.78 is 28.8. The van der Waals surface area contributed by atoms with Crippen molar-refractivity contribution >= 4 is 46.4 Å². The van der Waals surface area contributed by atoms with Gasteiger partial charge >= 0.3 is 0 Å². The summed E-state index contributed by atoms with van der Waals surface area (Å²) in [5, 5.41) is 0. The van der Waals surface area contributed by atoms with E-state index in [9.17, 15) is 13.6 Å². The number of ketones is 1. The van der Waals surface area contributed by atoms with Crippen LogP contribution in [0.25, 0.3) is 0 Å². The van der Waals surface area contributed by atoms with E-state index in [0.29, 0.717) is 0 Å². The number of alkyl halides is 2. The quantitative estimate of drug-likeness (QED) is 0.415. The minimum atomic E-state index is -1.06. The molecule has 136 valence electrons. The molecule has 8 heteroatoms. The van der Waals surface area contributed by atoms with Gasteiger partial charge in [-0.1, -0.05) is 0 Å². The molecule has 0 spiro atoms. The van der Waals surface area contributed by atoms with Crippen molar-refractivity contribution < 1.29 is 13.6 Å². The van der Waals surface area contributed by atoms with Gasteiger partial charge in [0.25, 0.3) is 0 Å². The molecule has 2 N–H and O–H groups in total. The number of nitrogens with two attached hydrogens (primary N) is 1. The number of rotatable bonds is 7. The molecule has 0 aliphatic carbocycles. The number of halogens is 4. The monoisotopic (exact) mass is 381 g/mol. The van der Waals surface area contributed by atoms with Crippen molar-refractivity contribution in [2.75, 3.05) is 27.9 Å². The van der Waals surface area contributed by atoms with E-state index in [-0.39, 0.29) is 28.4 Å². The molecule has 1 aromatic rings. The lowest BCUT2D eigenvalue weighted by Gasteiger charge is -2.36. The molecule has 0 radical (unpaired) electrons. The molecule has 4 nitrogen and oxygen atoms in total. The second-order valence-corrected chi connectivity index (χ2v) is 7.61. The van der Waals surface area contributed by atoms with Gasteiger partial charge in [-0.25, -0.2) is 8.78 Å². The lowest BCUT2D eigenvalue weighted by molar-refractivity contribution is 0.101. The van der Waals surface area contributed by atoms with E-state index in [0.717, 1.165) is 8.84 Å². The summed E-state index contributed by atoms with van der Waals surface area (Å²) in [4.78, 5) is 11.8. The predicted octanol–water partition coefficient (Wildman–Crippen LogP) is 4.89. The van der Waals surface area contributed by atoms with Gasteiger partial charge in [-0.15, -0.1) is 0 Å². The van der Waals surface area contributed by atoms with Crippen molar-refractivity contribution in [3.63, 3.8) is 0 Å². The minimum absolute atomic E-state index is 0.132. The highest BCUT2D eigenvalue weighted by Gasteiger charge is 2.32. The highest BCUT2D eigenvalue weighted by Crippen LogP contribution is 2.42. The molecule has 0 unspecified atom stereocenters. The van der Waals surface area contributed by atoms with Crippen LogP contribution in [0.4, 0.5) is 25.8 Å². The number of nitrogens with zero attached hydrogens (tertiary/aromatic N) is 2. The van der Waals surface area contributed by atoms with Crippen LogP contribution in [-0.2, 0) is 0 Å². The molecule has 0 aliphatic heterocycles. The first kappa shape index (κ1) is 20.8. The molecule has 0 fully saturated rings. The van der Waals surface area contributed by atoms with Crippen molar-refractivity contribution in [2.45, 2.75) is 45.7 Å². The number of anilines is 3. The zero-order chi connectivity index (χ0) is 18.9. The van der Waals surface area contributed by atoms with Crippen LogP contribution >= 0.6 is 23.6 Å². The Hall–Kier alpha value is -1.27. The number of hydrogen-bond donors (Lipinski definition) is 1. The third-order valence-electron chi connectivity index (χ3n) is 3.68. The fraction of sp³-hybridized carbons (Fsp3) is 0.562. The van der Waals surface area contributed by atoms with Crippen LogP contribution in [0.1, 0.15) is 45.0 Å². The van der Waals surface area contributed by atoms with Crippen LogP contribution < -0.4 is 14.6 Å². The molecule has 0 saturated carbocycles. The lowest BCUT2D eigenvalue weighted by atomic mass is 10.0. The van der Waals surface area contributed by atoms with Crippen molar-refractivity contribution in [1.29, 1.82) is 0 Å². The number of carbonyl (C=O) groups excluding carboxylic acids is 1. The average molecular weight is 382 g/mol. The Bertz CT molecular complexity index is 580. The summed E-state index contributed by atoms with van der Waals surface area (Å²) >= 11 is 12.5. The Morgan fingerprint density at radius 1 is 1.04 bits per heavy atom. The summed E-state index contributed by atoms with van der Waals surface area (Å²) in [6, 6.07) is 2.94. The lowest BCUT2D eigenvalue weighted by Crippen LogP contribution is -2.41. The first-order chi connectivity index (χ1) is 10.9. The molecule has 0 saturated heterocycles. The van der Waals surface area contributed by atoms with Crippen LogP contribution in [0.3, 0.4) is 0 Å². The molecule has 0 aromatic heterocycles. The average Bonchev–Trinajstić information content (AvgIpc) is 2.53. The first-order valence-electron chi connectivity index (χ1n) is 7.37. The Labute approximate surface area is 151 Å². The summed E-state index contributed by atoms with van der Waals surface area (Å²) in [5.41, 5.74) is 4.92. The maximum absolute atomic E-state index is 13.3. The molecule has 24 heavy (non-hydrogen) atoms. The molecule has 0 aliphatic rings. The number of hydrogen-bond acceptors (Lipinski definition) is 4. The summed E-state index contributed by atoms with van der Waals surface area (Å²) in [6.45, 7) is 6.24. The van der Waals surface area contributed by atoms with Crippen LogP contribution in [-0.4, -0.2) is 30.2 Å². The van der Waals surface area contributed by atoms with Gasteiger partial charge in [0.1, 0.15) is 13.3 Å². The third kappa shape index (κ3) is 4.03. The van der Waals surface area contributed by atoms with E-state index in [1.165, 1.54) is 19.1 Å². The standard InChI is InChI=1S/C16H23Cl2F2N3O/c1-10(24)11-6-12(22(17)15(2,3)8-19)14(21)13(7-11)23(18)16(4,5)9-20/h6-7H,8-9,21H2,1-5H3. The molecule has 0 atom stereocenters. The number of Topliss-reactive ketones (excluding diaryl/α,β-unsaturated/α-hetero) is 1. The van der Waals surface area contributed by atoms with Gasteiger partial charge in [-0.3, -0.25) is 13.6 Å². The van der Waals surface area contributed by atoms with E-state index in [1.807, 2.05) is 0 Å². The van der Waals surface area contributed by atoms with Gasteiger partial charge in [0.2, 0.25) is 0 Å². The normalized spacial score (nSPS) is 12.2. The maximum atomic E-state index is 13.3. The van der Waals surface area contributed by atoms with Crippen LogP contribution in [0, 0.1) is 0 Å². The van der Waals surface area contributed by atoms with E-state index >= 15 is 0 Å². The molecular weight excluding hydrogens is 359 g/mol. The van der Waals surface area contributed by atoms with Gasteiger partial charge in [-0.05, 0) is 46.8 Å². The van der Waals surface area contributed by atoms with E-state index in [2.05, 4.69) is 0 Å². The summed E-state index contributed by atoms with van der Waals surface area (Å²) in [7, 11) is 0. The Morgan fingerprint density at radius 3 is 1.62 bits per heavy atom. The molecular formula is C16H23Cl2F2N3O. The van der Waals surface area contributed by atoms with Gasteiger partial charge in [0.05, 0.1) is 28.1 Å². The minimum Gasteiger partial charge on any atom is -0.395 e. The van der Waals surface area contributed by atoms with Crippen molar-refractivity contribution in [2.24, 2.45) is 0 Å². The fourth-order valence-electron chi connectivity index (χ4n) is 1.91. The Morgan fingerprint density at radius 2 is 1.38 bits per heavy atom. The van der Waals surface area contributed by atoms with Crippen LogP contribution in [0.15, 0.2) is 12.1 Å².